The summed E-state index contributed by atoms with van der Waals surface area (Å²) in [4.78, 5) is 11.2. The smallest absolute Gasteiger partial charge is 0.308 e. The van der Waals surface area contributed by atoms with Gasteiger partial charge in [0.15, 0.2) is 0 Å². The molecule has 1 aliphatic carbocycles. The Labute approximate surface area is 99.2 Å². The molecule has 17 heavy (non-hydrogen) atoms. The molecule has 0 atom stereocenters. The van der Waals surface area contributed by atoms with Crippen molar-refractivity contribution < 1.29 is 19.0 Å². The van der Waals surface area contributed by atoms with Crippen molar-refractivity contribution in [1.82, 2.24) is 0 Å². The number of halogens is 1. The zero-order valence-corrected chi connectivity index (χ0v) is 9.87. The van der Waals surface area contributed by atoms with Crippen molar-refractivity contribution in [2.75, 3.05) is 7.11 Å². The van der Waals surface area contributed by atoms with Crippen LogP contribution < -0.4 is 0 Å². The zero-order valence-electron chi connectivity index (χ0n) is 9.87. The minimum absolute atomic E-state index is 0.222. The van der Waals surface area contributed by atoms with Gasteiger partial charge >= 0.3 is 5.97 Å². The minimum Gasteiger partial charge on any atom is -0.469 e. The maximum atomic E-state index is 13.6. The van der Waals surface area contributed by atoms with Crippen LogP contribution >= 0.6 is 0 Å². The van der Waals surface area contributed by atoms with E-state index in [0.29, 0.717) is 0 Å². The molecule has 1 aromatic carbocycles. The average Bonchev–Trinajstić information content (AvgIpc) is 2.27. The Hall–Kier alpha value is -1.42. The Morgan fingerprint density at radius 2 is 2.18 bits per heavy atom. The van der Waals surface area contributed by atoms with Crippen LogP contribution in [-0.2, 0) is 15.1 Å². The minimum atomic E-state index is -1.23. The van der Waals surface area contributed by atoms with Crippen LogP contribution in [0.5, 0.6) is 0 Å². The van der Waals surface area contributed by atoms with Gasteiger partial charge in [0.2, 0.25) is 0 Å². The SMILES string of the molecule is COC(=O)C1CC(O)(c2cc(C)ccc2F)C1. The zero-order chi connectivity index (χ0) is 12.6. The molecule has 1 fully saturated rings. The van der Waals surface area contributed by atoms with E-state index in [4.69, 9.17) is 0 Å². The standard InChI is InChI=1S/C13H15FO3/c1-8-3-4-11(14)10(5-8)13(16)6-9(7-13)12(15)17-2/h3-5,9,16H,6-7H2,1-2H3. The summed E-state index contributed by atoms with van der Waals surface area (Å²) in [6.45, 7) is 1.84. The van der Waals surface area contributed by atoms with Crippen molar-refractivity contribution in [2.24, 2.45) is 5.92 Å². The molecule has 3 nitrogen and oxygen atoms in total. The fourth-order valence-corrected chi connectivity index (χ4v) is 2.30. The van der Waals surface area contributed by atoms with Crippen LogP contribution in [0.4, 0.5) is 4.39 Å². The Balaban J connectivity index is 2.19. The number of hydrogen-bond donors (Lipinski definition) is 1. The van der Waals surface area contributed by atoms with Crippen LogP contribution in [-0.4, -0.2) is 18.2 Å². The first-order chi connectivity index (χ1) is 7.96. The second-order valence-electron chi connectivity index (χ2n) is 4.64. The lowest BCUT2D eigenvalue weighted by Crippen LogP contribution is -2.45. The average molecular weight is 238 g/mol. The molecular formula is C13H15FO3. The van der Waals surface area contributed by atoms with Gasteiger partial charge in [0, 0.05) is 5.56 Å². The molecule has 0 radical (unpaired) electrons. The summed E-state index contributed by atoms with van der Waals surface area (Å²) >= 11 is 0. The Morgan fingerprint density at radius 1 is 1.53 bits per heavy atom. The first-order valence-electron chi connectivity index (χ1n) is 5.53. The van der Waals surface area contributed by atoms with E-state index in [1.165, 1.54) is 13.2 Å². The summed E-state index contributed by atoms with van der Waals surface area (Å²) in [6, 6.07) is 4.62. The topological polar surface area (TPSA) is 46.5 Å². The third kappa shape index (κ3) is 2.05. The van der Waals surface area contributed by atoms with Gasteiger partial charge in [-0.15, -0.1) is 0 Å². The van der Waals surface area contributed by atoms with Crippen LogP contribution in [0.25, 0.3) is 0 Å². The van der Waals surface area contributed by atoms with Crippen LogP contribution in [0.1, 0.15) is 24.0 Å². The highest BCUT2D eigenvalue weighted by Gasteiger charge is 2.49. The molecule has 0 heterocycles. The van der Waals surface area contributed by atoms with Crippen LogP contribution in [0.3, 0.4) is 0 Å². The summed E-state index contributed by atoms with van der Waals surface area (Å²) in [7, 11) is 1.31. The molecule has 1 aliphatic rings. The van der Waals surface area contributed by atoms with Gasteiger partial charge in [0.05, 0.1) is 18.6 Å². The number of methoxy groups -OCH3 is 1. The summed E-state index contributed by atoms with van der Waals surface area (Å²) in [5.74, 6) is -1.10. The highest BCUT2D eigenvalue weighted by Crippen LogP contribution is 2.46. The maximum Gasteiger partial charge on any atom is 0.308 e. The van der Waals surface area contributed by atoms with Crippen molar-refractivity contribution in [2.45, 2.75) is 25.4 Å². The summed E-state index contributed by atoms with van der Waals surface area (Å²) in [5.41, 5.74) is -0.0661. The van der Waals surface area contributed by atoms with Gasteiger partial charge in [-0.1, -0.05) is 17.7 Å². The third-order valence-corrected chi connectivity index (χ3v) is 3.33. The van der Waals surface area contributed by atoms with Gasteiger partial charge in [0.25, 0.3) is 0 Å². The van der Waals surface area contributed by atoms with E-state index in [9.17, 15) is 14.3 Å². The number of aliphatic hydroxyl groups is 1. The summed E-state index contributed by atoms with van der Waals surface area (Å²) in [5, 5.41) is 10.3. The number of rotatable bonds is 2. The molecule has 1 N–H and O–H groups in total. The van der Waals surface area contributed by atoms with Gasteiger partial charge in [0.1, 0.15) is 5.82 Å². The molecule has 0 bridgehead atoms. The van der Waals surface area contributed by atoms with Crippen molar-refractivity contribution in [1.29, 1.82) is 0 Å². The van der Waals surface area contributed by atoms with Crippen molar-refractivity contribution in [3.8, 4) is 0 Å². The number of benzene rings is 1. The van der Waals surface area contributed by atoms with E-state index in [1.807, 2.05) is 6.92 Å². The lowest BCUT2D eigenvalue weighted by Gasteiger charge is -2.42. The van der Waals surface area contributed by atoms with Gasteiger partial charge in [-0.05, 0) is 25.8 Å². The Morgan fingerprint density at radius 3 is 2.76 bits per heavy atom. The van der Waals surface area contributed by atoms with Gasteiger partial charge < -0.3 is 9.84 Å². The lowest BCUT2D eigenvalue weighted by atomic mass is 9.67. The molecule has 92 valence electrons. The molecule has 0 aromatic heterocycles. The molecule has 4 heteroatoms. The van der Waals surface area contributed by atoms with E-state index in [2.05, 4.69) is 4.74 Å². The predicted octanol–water partition coefficient (Wildman–Crippen LogP) is 1.90. The summed E-state index contributed by atoms with van der Waals surface area (Å²) < 4.78 is 18.2. The molecule has 0 aliphatic heterocycles. The second kappa shape index (κ2) is 4.11. The Kier molecular flexibility index (Phi) is 2.91. The summed E-state index contributed by atoms with van der Waals surface area (Å²) in [6.07, 6.45) is 0.445. The molecular weight excluding hydrogens is 223 g/mol. The fraction of sp³-hybridized carbons (Fsp3) is 0.462. The Bertz CT molecular complexity index is 450. The monoisotopic (exact) mass is 238 g/mol. The fourth-order valence-electron chi connectivity index (χ4n) is 2.30. The maximum absolute atomic E-state index is 13.6. The van der Waals surface area contributed by atoms with E-state index in [1.54, 1.807) is 12.1 Å². The quantitative estimate of drug-likeness (QED) is 0.800. The molecule has 2 rings (SSSR count). The van der Waals surface area contributed by atoms with E-state index in [-0.39, 0.29) is 30.3 Å². The number of carbonyl (C=O) groups is 1. The van der Waals surface area contributed by atoms with E-state index >= 15 is 0 Å². The van der Waals surface area contributed by atoms with E-state index < -0.39 is 11.4 Å². The molecule has 0 spiro atoms. The highest BCUT2D eigenvalue weighted by atomic mass is 19.1. The van der Waals surface area contributed by atoms with Gasteiger partial charge in [-0.25, -0.2) is 4.39 Å². The predicted molar refractivity (Wildman–Crippen MR) is 59.8 cm³/mol. The number of ether oxygens (including phenoxy) is 1. The number of esters is 1. The molecule has 1 aromatic rings. The van der Waals surface area contributed by atoms with Crippen LogP contribution in [0.15, 0.2) is 18.2 Å². The third-order valence-electron chi connectivity index (χ3n) is 3.33. The number of aryl methyl sites for hydroxylation is 1. The van der Waals surface area contributed by atoms with Crippen molar-refractivity contribution in [3.63, 3.8) is 0 Å². The highest BCUT2D eigenvalue weighted by molar-refractivity contribution is 5.74. The number of hydrogen-bond acceptors (Lipinski definition) is 3. The molecule has 0 saturated heterocycles. The number of carbonyl (C=O) groups excluding carboxylic acids is 1. The molecule has 0 unspecified atom stereocenters. The van der Waals surface area contributed by atoms with Crippen LogP contribution in [0.2, 0.25) is 0 Å². The lowest BCUT2D eigenvalue weighted by molar-refractivity contribution is -0.163. The molecule has 0 amide bonds. The van der Waals surface area contributed by atoms with Crippen LogP contribution in [0, 0.1) is 18.7 Å². The largest absolute Gasteiger partial charge is 0.469 e. The van der Waals surface area contributed by atoms with Gasteiger partial charge in [-0.2, -0.15) is 0 Å². The first-order valence-corrected chi connectivity index (χ1v) is 5.53. The molecule has 1 saturated carbocycles. The van der Waals surface area contributed by atoms with Gasteiger partial charge in [-0.3, -0.25) is 4.79 Å². The van der Waals surface area contributed by atoms with E-state index in [0.717, 1.165) is 5.56 Å². The van der Waals surface area contributed by atoms with Crippen molar-refractivity contribution >= 4 is 5.97 Å². The van der Waals surface area contributed by atoms with Crippen molar-refractivity contribution in [3.05, 3.63) is 35.1 Å². The normalized spacial score (nSPS) is 27.4. The first kappa shape index (κ1) is 12.0. The second-order valence-corrected chi connectivity index (χ2v) is 4.64.